The van der Waals surface area contributed by atoms with Crippen molar-refractivity contribution in [2.75, 3.05) is 6.61 Å². The molecule has 0 amide bonds. The topological polar surface area (TPSA) is 57.4 Å². The molecule has 94 valence electrons. The van der Waals surface area contributed by atoms with Crippen LogP contribution < -0.4 is 15.2 Å². The van der Waals surface area contributed by atoms with Gasteiger partial charge in [0.25, 0.3) is 0 Å². The third-order valence-electron chi connectivity index (χ3n) is 2.90. The summed E-state index contributed by atoms with van der Waals surface area (Å²) in [4.78, 5) is 4.24. The van der Waals surface area contributed by atoms with Crippen LogP contribution in [0, 0.1) is 0 Å². The van der Waals surface area contributed by atoms with Gasteiger partial charge in [0.2, 0.25) is 0 Å². The van der Waals surface area contributed by atoms with Gasteiger partial charge >= 0.3 is 0 Å². The van der Waals surface area contributed by atoms with Crippen molar-refractivity contribution in [3.05, 3.63) is 40.8 Å². The summed E-state index contributed by atoms with van der Waals surface area (Å²) in [6.45, 7) is 0.490. The maximum atomic E-state index is 6.16. The number of nitrogens with zero attached hydrogens (tertiary/aromatic N) is 1. The van der Waals surface area contributed by atoms with Gasteiger partial charge in [-0.3, -0.25) is 0 Å². The zero-order valence-corrected chi connectivity index (χ0v) is 10.6. The first-order valence-electron chi connectivity index (χ1n) is 5.85. The van der Waals surface area contributed by atoms with E-state index in [9.17, 15) is 0 Å². The zero-order valence-electron chi connectivity index (χ0n) is 9.78. The Morgan fingerprint density at radius 3 is 3.00 bits per heavy atom. The molecule has 1 aromatic heterocycles. The van der Waals surface area contributed by atoms with Crippen molar-refractivity contribution in [2.24, 2.45) is 5.73 Å². The molecule has 18 heavy (non-hydrogen) atoms. The highest BCUT2D eigenvalue weighted by Crippen LogP contribution is 2.31. The maximum Gasteiger partial charge on any atom is 0.161 e. The smallest absolute Gasteiger partial charge is 0.161 e. The Bertz CT molecular complexity index is 515. The van der Waals surface area contributed by atoms with Crippen LogP contribution in [0.3, 0.4) is 0 Å². The van der Waals surface area contributed by atoms with Gasteiger partial charge < -0.3 is 15.2 Å². The van der Waals surface area contributed by atoms with Gasteiger partial charge in [-0.05, 0) is 12.1 Å². The van der Waals surface area contributed by atoms with E-state index >= 15 is 0 Å². The average Bonchev–Trinajstić information content (AvgIpc) is 2.91. The Hall–Kier alpha value is -1.59. The van der Waals surface area contributed by atoms with E-state index in [0.717, 1.165) is 16.5 Å². The van der Waals surface area contributed by atoms with E-state index < -0.39 is 0 Å². The summed E-state index contributed by atoms with van der Waals surface area (Å²) in [7, 11) is 0. The highest BCUT2D eigenvalue weighted by molar-refractivity contribution is 7.09. The Kier molecular flexibility index (Phi) is 3.17. The molecule has 2 unspecified atom stereocenters. The lowest BCUT2D eigenvalue weighted by Gasteiger charge is -2.29. The fraction of sp³-hybridized carbons (Fsp3) is 0.308. The van der Waals surface area contributed by atoms with Crippen LogP contribution in [-0.4, -0.2) is 23.7 Å². The molecule has 3 rings (SSSR count). The molecule has 0 fully saturated rings. The molecule has 1 aromatic carbocycles. The molecule has 2 N–H and O–H groups in total. The van der Waals surface area contributed by atoms with Crippen molar-refractivity contribution in [3.63, 3.8) is 0 Å². The standard InChI is InChI=1S/C13H14N2O2S/c14-9(7-13-15-5-6-18-13)12-8-16-10-3-1-2-4-11(10)17-12/h1-6,9,12H,7-8,14H2. The summed E-state index contributed by atoms with van der Waals surface area (Å²) in [6, 6.07) is 7.55. The SMILES string of the molecule is NC(Cc1nccs1)C1COc2ccccc2O1. The monoisotopic (exact) mass is 262 g/mol. The molecule has 1 aliphatic heterocycles. The normalized spacial score (nSPS) is 19.5. The van der Waals surface area contributed by atoms with E-state index in [-0.39, 0.29) is 12.1 Å². The number of hydrogen-bond donors (Lipinski definition) is 1. The van der Waals surface area contributed by atoms with E-state index in [2.05, 4.69) is 4.98 Å². The first-order valence-corrected chi connectivity index (χ1v) is 6.73. The Labute approximate surface area is 109 Å². The molecule has 0 spiro atoms. The number of hydrogen-bond acceptors (Lipinski definition) is 5. The number of fused-ring (bicyclic) bond motifs is 1. The van der Waals surface area contributed by atoms with Crippen LogP contribution in [0.1, 0.15) is 5.01 Å². The molecule has 4 nitrogen and oxygen atoms in total. The third kappa shape index (κ3) is 2.32. The predicted octanol–water partition coefficient (Wildman–Crippen LogP) is 1.85. The lowest BCUT2D eigenvalue weighted by molar-refractivity contribution is 0.0722. The maximum absolute atomic E-state index is 6.16. The second-order valence-electron chi connectivity index (χ2n) is 4.21. The van der Waals surface area contributed by atoms with Crippen LogP contribution in [0.25, 0.3) is 0 Å². The van der Waals surface area contributed by atoms with Gasteiger partial charge in [-0.2, -0.15) is 0 Å². The number of benzene rings is 1. The second-order valence-corrected chi connectivity index (χ2v) is 5.19. The summed E-state index contributed by atoms with van der Waals surface area (Å²) < 4.78 is 11.5. The lowest BCUT2D eigenvalue weighted by Crippen LogP contribution is -2.46. The van der Waals surface area contributed by atoms with Crippen LogP contribution in [-0.2, 0) is 6.42 Å². The fourth-order valence-corrected chi connectivity index (χ4v) is 2.62. The lowest BCUT2D eigenvalue weighted by atomic mass is 10.1. The number of nitrogens with two attached hydrogens (primary N) is 1. The predicted molar refractivity (Wildman–Crippen MR) is 70.1 cm³/mol. The summed E-state index contributed by atoms with van der Waals surface area (Å²) in [6.07, 6.45) is 2.39. The molecule has 2 atom stereocenters. The summed E-state index contributed by atoms with van der Waals surface area (Å²) >= 11 is 1.61. The summed E-state index contributed by atoms with van der Waals surface area (Å²) in [5.41, 5.74) is 6.16. The molecule has 0 bridgehead atoms. The molecule has 2 heterocycles. The van der Waals surface area contributed by atoms with Gasteiger partial charge in [0, 0.05) is 18.0 Å². The first kappa shape index (κ1) is 11.5. The van der Waals surface area contributed by atoms with Crippen LogP contribution in [0.5, 0.6) is 11.5 Å². The van der Waals surface area contributed by atoms with E-state index in [1.165, 1.54) is 0 Å². The molecule has 5 heteroatoms. The fourth-order valence-electron chi connectivity index (χ4n) is 1.93. The van der Waals surface area contributed by atoms with Gasteiger partial charge in [0.05, 0.1) is 11.0 Å². The van der Waals surface area contributed by atoms with E-state index in [1.54, 1.807) is 17.5 Å². The van der Waals surface area contributed by atoms with E-state index in [0.29, 0.717) is 13.0 Å². The highest BCUT2D eigenvalue weighted by Gasteiger charge is 2.26. The Morgan fingerprint density at radius 1 is 1.39 bits per heavy atom. The van der Waals surface area contributed by atoms with Crippen LogP contribution >= 0.6 is 11.3 Å². The van der Waals surface area contributed by atoms with E-state index in [1.807, 2.05) is 29.6 Å². The van der Waals surface area contributed by atoms with Crippen LogP contribution in [0.2, 0.25) is 0 Å². The largest absolute Gasteiger partial charge is 0.486 e. The molecular weight excluding hydrogens is 248 g/mol. The van der Waals surface area contributed by atoms with Crippen molar-refractivity contribution in [1.29, 1.82) is 0 Å². The average molecular weight is 262 g/mol. The van der Waals surface area contributed by atoms with Gasteiger partial charge in [-0.1, -0.05) is 12.1 Å². The molecule has 1 aliphatic rings. The number of rotatable bonds is 3. The highest BCUT2D eigenvalue weighted by atomic mass is 32.1. The quantitative estimate of drug-likeness (QED) is 0.917. The minimum Gasteiger partial charge on any atom is -0.486 e. The minimum atomic E-state index is -0.121. The number of para-hydroxylation sites is 2. The minimum absolute atomic E-state index is 0.107. The van der Waals surface area contributed by atoms with Crippen molar-refractivity contribution in [2.45, 2.75) is 18.6 Å². The molecule has 0 saturated heterocycles. The summed E-state index contributed by atoms with van der Waals surface area (Å²) in [5.74, 6) is 1.55. The molecule has 2 aromatic rings. The summed E-state index contributed by atoms with van der Waals surface area (Å²) in [5, 5.41) is 2.99. The van der Waals surface area contributed by atoms with Gasteiger partial charge in [0.1, 0.15) is 12.7 Å². The van der Waals surface area contributed by atoms with Gasteiger partial charge in [-0.15, -0.1) is 11.3 Å². The second kappa shape index (κ2) is 4.96. The number of aromatic nitrogens is 1. The van der Waals surface area contributed by atoms with Crippen molar-refractivity contribution in [1.82, 2.24) is 4.98 Å². The van der Waals surface area contributed by atoms with E-state index in [4.69, 9.17) is 15.2 Å². The van der Waals surface area contributed by atoms with Gasteiger partial charge in [0.15, 0.2) is 11.5 Å². The molecule has 0 radical (unpaired) electrons. The zero-order chi connectivity index (χ0) is 12.4. The number of ether oxygens (including phenoxy) is 2. The van der Waals surface area contributed by atoms with Crippen molar-refractivity contribution < 1.29 is 9.47 Å². The Balaban J connectivity index is 1.68. The van der Waals surface area contributed by atoms with Crippen LogP contribution in [0.4, 0.5) is 0 Å². The number of thiazole rings is 1. The molecule has 0 saturated carbocycles. The molecular formula is C13H14N2O2S. The Morgan fingerprint density at radius 2 is 2.22 bits per heavy atom. The van der Waals surface area contributed by atoms with Crippen molar-refractivity contribution >= 4 is 11.3 Å². The van der Waals surface area contributed by atoms with Crippen LogP contribution in [0.15, 0.2) is 35.8 Å². The van der Waals surface area contributed by atoms with Gasteiger partial charge in [-0.25, -0.2) is 4.98 Å². The third-order valence-corrected chi connectivity index (χ3v) is 3.70. The van der Waals surface area contributed by atoms with Crippen molar-refractivity contribution in [3.8, 4) is 11.5 Å². The molecule has 0 aliphatic carbocycles. The first-order chi connectivity index (χ1) is 8.83.